The van der Waals surface area contributed by atoms with E-state index in [1.807, 2.05) is 67.6 Å². The van der Waals surface area contributed by atoms with Gasteiger partial charge in [0.15, 0.2) is 0 Å². The summed E-state index contributed by atoms with van der Waals surface area (Å²) in [7, 11) is 0. The van der Waals surface area contributed by atoms with Crippen molar-refractivity contribution < 1.29 is 4.79 Å². The summed E-state index contributed by atoms with van der Waals surface area (Å²) in [6, 6.07) is 31.9. The summed E-state index contributed by atoms with van der Waals surface area (Å²) in [5, 5.41) is 20.7. The molecule has 0 saturated heterocycles. The van der Waals surface area contributed by atoms with Crippen molar-refractivity contribution in [2.24, 2.45) is 5.92 Å². The number of rotatable bonds is 9. The van der Waals surface area contributed by atoms with Crippen LogP contribution in [0.3, 0.4) is 0 Å². The van der Waals surface area contributed by atoms with Crippen LogP contribution in [-0.2, 0) is 6.54 Å². The summed E-state index contributed by atoms with van der Waals surface area (Å²) in [5.74, 6) is 0.924. The molecule has 1 heterocycles. The van der Waals surface area contributed by atoms with Crippen LogP contribution in [0.25, 0.3) is 22.5 Å². The van der Waals surface area contributed by atoms with Gasteiger partial charge in [-0.15, -0.1) is 10.2 Å². The molecular formula is C32H33N7O. The highest BCUT2D eigenvalue weighted by atomic mass is 16.2. The van der Waals surface area contributed by atoms with Gasteiger partial charge in [-0.3, -0.25) is 0 Å². The number of aromatic amines is 1. The van der Waals surface area contributed by atoms with E-state index in [2.05, 4.69) is 86.4 Å². The summed E-state index contributed by atoms with van der Waals surface area (Å²) >= 11 is 0. The second-order valence-corrected chi connectivity index (χ2v) is 10.2. The lowest BCUT2D eigenvalue weighted by Gasteiger charge is -2.29. The Hall–Kier alpha value is -4.98. The van der Waals surface area contributed by atoms with Crippen LogP contribution in [0.1, 0.15) is 25.0 Å². The topological polar surface area (TPSA) is 98.8 Å². The van der Waals surface area contributed by atoms with Crippen LogP contribution in [0, 0.1) is 12.8 Å². The number of carbonyl (C=O) groups is 1. The Balaban J connectivity index is 1.55. The average Bonchev–Trinajstić information content (AvgIpc) is 3.49. The lowest BCUT2D eigenvalue weighted by Crippen LogP contribution is -2.29. The fourth-order valence-corrected chi connectivity index (χ4v) is 4.70. The third kappa shape index (κ3) is 6.53. The highest BCUT2D eigenvalue weighted by Gasteiger charge is 2.18. The van der Waals surface area contributed by atoms with Gasteiger partial charge < -0.3 is 15.5 Å². The molecule has 0 fully saturated rings. The zero-order chi connectivity index (χ0) is 27.9. The van der Waals surface area contributed by atoms with Crippen molar-refractivity contribution in [3.8, 4) is 22.5 Å². The first-order valence-electron chi connectivity index (χ1n) is 13.4. The molecule has 5 rings (SSSR count). The molecular weight excluding hydrogens is 498 g/mol. The van der Waals surface area contributed by atoms with E-state index in [4.69, 9.17) is 0 Å². The number of aromatic nitrogens is 4. The largest absolute Gasteiger partial charge is 0.365 e. The molecule has 5 aromatic rings. The molecule has 1 aromatic heterocycles. The van der Waals surface area contributed by atoms with E-state index in [1.54, 1.807) is 0 Å². The highest BCUT2D eigenvalue weighted by molar-refractivity contribution is 6.02. The molecule has 3 N–H and O–H groups in total. The van der Waals surface area contributed by atoms with Gasteiger partial charge in [-0.2, -0.15) is 5.21 Å². The Morgan fingerprint density at radius 2 is 1.60 bits per heavy atom. The first kappa shape index (κ1) is 26.6. The number of anilines is 3. The smallest absolute Gasteiger partial charge is 0.323 e. The Labute approximate surface area is 234 Å². The van der Waals surface area contributed by atoms with Crippen LogP contribution in [0.4, 0.5) is 21.9 Å². The van der Waals surface area contributed by atoms with Crippen molar-refractivity contribution in [3.63, 3.8) is 0 Å². The van der Waals surface area contributed by atoms with Crippen molar-refractivity contribution >= 4 is 23.1 Å². The molecule has 0 spiro atoms. The van der Waals surface area contributed by atoms with Crippen molar-refractivity contribution in [1.82, 2.24) is 20.6 Å². The lowest BCUT2D eigenvalue weighted by atomic mass is 9.98. The SMILES string of the molecule is Cc1ccc(NC(=O)Nc2cc(-c3ccccc3-c3nn[nH]n3)ccc2N(Cc2ccccc2)CC(C)C)cc1. The number of nitrogens with one attached hydrogen (secondary N) is 3. The van der Waals surface area contributed by atoms with Crippen LogP contribution in [0.15, 0.2) is 97.1 Å². The molecule has 0 aliphatic rings. The molecule has 8 heteroatoms. The second kappa shape index (κ2) is 12.3. The first-order chi connectivity index (χ1) is 19.5. The van der Waals surface area contributed by atoms with Gasteiger partial charge in [0.1, 0.15) is 0 Å². The number of carbonyl (C=O) groups excluding carboxylic acids is 1. The average molecular weight is 532 g/mol. The van der Waals surface area contributed by atoms with Crippen LogP contribution < -0.4 is 15.5 Å². The zero-order valence-corrected chi connectivity index (χ0v) is 22.9. The summed E-state index contributed by atoms with van der Waals surface area (Å²) in [4.78, 5) is 15.6. The van der Waals surface area contributed by atoms with Crippen molar-refractivity contribution in [1.29, 1.82) is 0 Å². The van der Waals surface area contributed by atoms with Crippen LogP contribution in [0.2, 0.25) is 0 Å². The van der Waals surface area contributed by atoms with Gasteiger partial charge in [0, 0.05) is 24.3 Å². The molecule has 0 aliphatic carbocycles. The molecule has 4 aromatic carbocycles. The van der Waals surface area contributed by atoms with E-state index >= 15 is 0 Å². The minimum Gasteiger partial charge on any atom is -0.365 e. The van der Waals surface area contributed by atoms with Gasteiger partial charge in [0.05, 0.1) is 11.4 Å². The van der Waals surface area contributed by atoms with E-state index in [-0.39, 0.29) is 6.03 Å². The summed E-state index contributed by atoms with van der Waals surface area (Å²) in [5.41, 5.74) is 7.43. The second-order valence-electron chi connectivity index (χ2n) is 10.2. The van der Waals surface area contributed by atoms with E-state index < -0.39 is 0 Å². The maximum Gasteiger partial charge on any atom is 0.323 e. The predicted molar refractivity (Wildman–Crippen MR) is 161 cm³/mol. The van der Waals surface area contributed by atoms with Gasteiger partial charge in [0.2, 0.25) is 5.82 Å². The minimum atomic E-state index is -0.307. The van der Waals surface area contributed by atoms with Crippen LogP contribution >= 0.6 is 0 Å². The van der Waals surface area contributed by atoms with Crippen LogP contribution in [0.5, 0.6) is 0 Å². The molecule has 0 atom stereocenters. The molecule has 2 amide bonds. The maximum absolute atomic E-state index is 13.3. The third-order valence-electron chi connectivity index (χ3n) is 6.52. The molecule has 0 aliphatic heterocycles. The Morgan fingerprint density at radius 3 is 2.30 bits per heavy atom. The Morgan fingerprint density at radius 1 is 0.875 bits per heavy atom. The number of benzene rings is 4. The van der Waals surface area contributed by atoms with Gasteiger partial charge in [-0.1, -0.05) is 92.2 Å². The van der Waals surface area contributed by atoms with Gasteiger partial charge in [0.25, 0.3) is 0 Å². The molecule has 0 unspecified atom stereocenters. The minimum absolute atomic E-state index is 0.307. The third-order valence-corrected chi connectivity index (χ3v) is 6.52. The number of aryl methyl sites for hydroxylation is 1. The Bertz CT molecular complexity index is 1550. The number of tetrazole rings is 1. The lowest BCUT2D eigenvalue weighted by molar-refractivity contribution is 0.262. The standard InChI is InChI=1S/C32H33N7O/c1-22(2)20-39(21-24-9-5-4-6-10-24)30-18-15-25(27-11-7-8-12-28(27)31-35-37-38-36-31)19-29(30)34-32(40)33-26-16-13-23(3)14-17-26/h4-19,22H,20-21H2,1-3H3,(H2,33,34,40)(H,35,36,37,38). The number of hydrogen-bond donors (Lipinski definition) is 3. The molecule has 0 saturated carbocycles. The Kier molecular flexibility index (Phi) is 8.15. The van der Waals surface area contributed by atoms with Crippen molar-refractivity contribution in [2.45, 2.75) is 27.3 Å². The number of nitrogens with zero attached hydrogens (tertiary/aromatic N) is 4. The number of H-pyrrole nitrogens is 1. The van der Waals surface area contributed by atoms with E-state index in [0.717, 1.165) is 40.2 Å². The zero-order valence-electron chi connectivity index (χ0n) is 22.9. The van der Waals surface area contributed by atoms with E-state index in [9.17, 15) is 4.79 Å². The molecule has 0 radical (unpaired) electrons. The monoisotopic (exact) mass is 531 g/mol. The van der Waals surface area contributed by atoms with Gasteiger partial charge >= 0.3 is 6.03 Å². The van der Waals surface area contributed by atoms with Crippen LogP contribution in [-0.4, -0.2) is 33.2 Å². The van der Waals surface area contributed by atoms with E-state index in [0.29, 0.717) is 24.0 Å². The molecule has 202 valence electrons. The number of hydrogen-bond acceptors (Lipinski definition) is 5. The summed E-state index contributed by atoms with van der Waals surface area (Å²) in [6.07, 6.45) is 0. The fourth-order valence-electron chi connectivity index (χ4n) is 4.70. The first-order valence-corrected chi connectivity index (χ1v) is 13.4. The predicted octanol–water partition coefficient (Wildman–Crippen LogP) is 7.15. The normalized spacial score (nSPS) is 10.9. The quantitative estimate of drug-likeness (QED) is 0.188. The van der Waals surface area contributed by atoms with Crippen molar-refractivity contribution in [3.05, 3.63) is 108 Å². The maximum atomic E-state index is 13.3. The summed E-state index contributed by atoms with van der Waals surface area (Å²) < 4.78 is 0. The number of urea groups is 1. The van der Waals surface area contributed by atoms with Gasteiger partial charge in [-0.25, -0.2) is 4.79 Å². The van der Waals surface area contributed by atoms with Gasteiger partial charge in [-0.05, 0) is 59.0 Å². The molecule has 0 bridgehead atoms. The number of amides is 2. The fraction of sp³-hybridized carbons (Fsp3) is 0.188. The summed E-state index contributed by atoms with van der Waals surface area (Å²) in [6.45, 7) is 7.95. The molecule has 40 heavy (non-hydrogen) atoms. The molecule has 8 nitrogen and oxygen atoms in total. The van der Waals surface area contributed by atoms with E-state index in [1.165, 1.54) is 5.56 Å². The highest BCUT2D eigenvalue weighted by Crippen LogP contribution is 2.36. The van der Waals surface area contributed by atoms with Crippen molar-refractivity contribution in [2.75, 3.05) is 22.1 Å².